The van der Waals surface area contributed by atoms with Crippen molar-refractivity contribution in [2.45, 2.75) is 5.92 Å². The molecule has 1 saturated heterocycles. The molecule has 1 aliphatic heterocycles. The zero-order valence-electron chi connectivity index (χ0n) is 11.1. The van der Waals surface area contributed by atoms with Gasteiger partial charge in [-0.3, -0.25) is 0 Å². The molecule has 2 aliphatic rings. The first-order chi connectivity index (χ1) is 10.1. The highest BCUT2D eigenvalue weighted by Crippen LogP contribution is 2.59. The molecular weight excluding hydrogens is 276 g/mol. The molecule has 2 atom stereocenters. The summed E-state index contributed by atoms with van der Waals surface area (Å²) >= 11 is 0. The Balaban J connectivity index is 1.53. The minimum Gasteiger partial charge on any atom is -0.384 e. The summed E-state index contributed by atoms with van der Waals surface area (Å²) in [5.41, 5.74) is 6.89. The molecule has 0 spiro atoms. The molecule has 108 valence electrons. The van der Waals surface area contributed by atoms with Gasteiger partial charge in [-0.2, -0.15) is 0 Å². The van der Waals surface area contributed by atoms with Crippen LogP contribution in [0, 0.1) is 11.8 Å². The van der Waals surface area contributed by atoms with Crippen molar-refractivity contribution in [3.63, 3.8) is 0 Å². The number of hydrogen-bond donors (Lipinski definition) is 1. The third-order valence-corrected chi connectivity index (χ3v) is 4.19. The molecule has 0 radical (unpaired) electrons. The number of aromatic nitrogens is 3. The number of nitrogens with two attached hydrogens (primary N) is 1. The lowest BCUT2D eigenvalue weighted by atomic mass is 10.3. The summed E-state index contributed by atoms with van der Waals surface area (Å²) in [6.45, 7) is 0.699. The van der Waals surface area contributed by atoms with Gasteiger partial charge in [0, 0.05) is 13.1 Å². The minimum atomic E-state index is -2.48. The number of alkyl halides is 2. The average molecular weight is 289 g/mol. The highest BCUT2D eigenvalue weighted by molar-refractivity contribution is 5.56. The zero-order valence-corrected chi connectivity index (χ0v) is 11.1. The van der Waals surface area contributed by atoms with Crippen LogP contribution >= 0.6 is 0 Å². The molecule has 0 amide bonds. The van der Waals surface area contributed by atoms with Gasteiger partial charge in [0.25, 0.3) is 5.92 Å². The highest BCUT2D eigenvalue weighted by Gasteiger charge is 2.71. The molecule has 2 unspecified atom stereocenters. The van der Waals surface area contributed by atoms with E-state index in [0.717, 1.165) is 0 Å². The van der Waals surface area contributed by atoms with Gasteiger partial charge in [-0.15, -0.1) is 0 Å². The van der Waals surface area contributed by atoms with Gasteiger partial charge in [0.15, 0.2) is 0 Å². The molecule has 1 aliphatic carbocycles. The van der Waals surface area contributed by atoms with Gasteiger partial charge in [0.1, 0.15) is 17.3 Å². The summed E-state index contributed by atoms with van der Waals surface area (Å²) in [4.78, 5) is 14.6. The topological polar surface area (TPSA) is 67.9 Å². The van der Waals surface area contributed by atoms with E-state index in [-0.39, 0.29) is 0 Å². The lowest BCUT2D eigenvalue weighted by molar-refractivity contribution is 0.0797. The van der Waals surface area contributed by atoms with E-state index in [1.165, 1.54) is 0 Å². The first kappa shape index (κ1) is 12.4. The van der Waals surface area contributed by atoms with Crippen molar-refractivity contribution in [2.75, 3.05) is 23.7 Å². The van der Waals surface area contributed by atoms with Crippen LogP contribution in [0.2, 0.25) is 0 Å². The van der Waals surface area contributed by atoms with E-state index >= 15 is 0 Å². The predicted molar refractivity (Wildman–Crippen MR) is 73.8 cm³/mol. The fraction of sp³-hybridized carbons (Fsp3) is 0.357. The van der Waals surface area contributed by atoms with E-state index in [9.17, 15) is 8.78 Å². The SMILES string of the molecule is Nc1cccc(-c2cnc(N3CC4C(C3)C4(F)F)cn2)n1. The standard InChI is InChI=1S/C14H13F2N5/c15-14(16)8-6-21(7-9(8)14)13-5-18-11(4-19-13)10-2-1-3-12(17)20-10/h1-5,8-9H,6-7H2,(H2,17,20). The van der Waals surface area contributed by atoms with Gasteiger partial charge in [-0.05, 0) is 12.1 Å². The normalized spacial score (nSPS) is 25.7. The van der Waals surface area contributed by atoms with Crippen molar-refractivity contribution in [1.82, 2.24) is 15.0 Å². The van der Waals surface area contributed by atoms with Crippen LogP contribution in [-0.4, -0.2) is 34.0 Å². The van der Waals surface area contributed by atoms with E-state index in [1.807, 2.05) is 4.90 Å². The van der Waals surface area contributed by atoms with Crippen LogP contribution in [0.25, 0.3) is 11.4 Å². The summed E-state index contributed by atoms with van der Waals surface area (Å²) in [5, 5.41) is 0. The number of rotatable bonds is 2. The molecule has 2 aromatic rings. The maximum Gasteiger partial charge on any atom is 0.258 e. The Labute approximate surface area is 119 Å². The van der Waals surface area contributed by atoms with E-state index in [2.05, 4.69) is 15.0 Å². The van der Waals surface area contributed by atoms with Crippen LogP contribution in [0.4, 0.5) is 20.4 Å². The van der Waals surface area contributed by atoms with Crippen LogP contribution in [0.15, 0.2) is 30.6 Å². The maximum absolute atomic E-state index is 13.2. The second kappa shape index (κ2) is 4.09. The second-order valence-electron chi connectivity index (χ2n) is 5.50. The molecule has 5 nitrogen and oxygen atoms in total. The van der Waals surface area contributed by atoms with Crippen molar-refractivity contribution in [2.24, 2.45) is 11.8 Å². The lowest BCUT2D eigenvalue weighted by Crippen LogP contribution is -2.28. The predicted octanol–water partition coefficient (Wildman–Crippen LogP) is 1.82. The van der Waals surface area contributed by atoms with Crippen LogP contribution in [-0.2, 0) is 0 Å². The number of halogens is 2. The van der Waals surface area contributed by atoms with Gasteiger partial charge in [-0.25, -0.2) is 23.7 Å². The molecule has 2 fully saturated rings. The van der Waals surface area contributed by atoms with Crippen molar-refractivity contribution >= 4 is 11.6 Å². The molecule has 1 saturated carbocycles. The van der Waals surface area contributed by atoms with Crippen molar-refractivity contribution in [3.05, 3.63) is 30.6 Å². The maximum atomic E-state index is 13.2. The third-order valence-electron chi connectivity index (χ3n) is 4.19. The van der Waals surface area contributed by atoms with Crippen molar-refractivity contribution in [3.8, 4) is 11.4 Å². The Morgan fingerprint density at radius 3 is 2.48 bits per heavy atom. The van der Waals surface area contributed by atoms with Gasteiger partial charge < -0.3 is 10.6 Å². The molecule has 2 aromatic heterocycles. The first-order valence-electron chi connectivity index (χ1n) is 6.73. The Hall–Kier alpha value is -2.31. The van der Waals surface area contributed by atoms with Crippen LogP contribution < -0.4 is 10.6 Å². The number of pyridine rings is 1. The Morgan fingerprint density at radius 1 is 1.10 bits per heavy atom. The number of anilines is 2. The summed E-state index contributed by atoms with van der Waals surface area (Å²) < 4.78 is 26.3. The van der Waals surface area contributed by atoms with Crippen molar-refractivity contribution in [1.29, 1.82) is 0 Å². The largest absolute Gasteiger partial charge is 0.384 e. The average Bonchev–Trinajstić information content (AvgIpc) is 2.86. The minimum absolute atomic E-state index is 0.349. The fourth-order valence-electron chi connectivity index (χ4n) is 2.91. The molecule has 21 heavy (non-hydrogen) atoms. The monoisotopic (exact) mass is 289 g/mol. The summed E-state index contributed by atoms with van der Waals surface area (Å²) in [5.74, 6) is -2.47. The molecule has 0 aromatic carbocycles. The Bertz CT molecular complexity index is 674. The van der Waals surface area contributed by atoms with E-state index in [0.29, 0.717) is 36.1 Å². The van der Waals surface area contributed by atoms with Gasteiger partial charge in [0.05, 0.1) is 29.9 Å². The van der Waals surface area contributed by atoms with E-state index in [4.69, 9.17) is 5.73 Å². The Kier molecular flexibility index (Phi) is 2.42. The first-order valence-corrected chi connectivity index (χ1v) is 6.73. The Morgan fingerprint density at radius 2 is 1.86 bits per heavy atom. The molecule has 3 heterocycles. The van der Waals surface area contributed by atoms with Gasteiger partial charge in [-0.1, -0.05) is 6.07 Å². The van der Waals surface area contributed by atoms with Crippen LogP contribution in [0.5, 0.6) is 0 Å². The van der Waals surface area contributed by atoms with Gasteiger partial charge in [0.2, 0.25) is 0 Å². The molecule has 0 bridgehead atoms. The smallest absolute Gasteiger partial charge is 0.258 e. The zero-order chi connectivity index (χ0) is 14.6. The third kappa shape index (κ3) is 1.91. The number of nitrogen functional groups attached to an aromatic ring is 1. The van der Waals surface area contributed by atoms with Gasteiger partial charge >= 0.3 is 0 Å². The summed E-state index contributed by atoms with van der Waals surface area (Å²) in [6, 6.07) is 5.29. The van der Waals surface area contributed by atoms with Crippen LogP contribution in [0.3, 0.4) is 0 Å². The highest BCUT2D eigenvalue weighted by atomic mass is 19.3. The van der Waals surface area contributed by atoms with E-state index in [1.54, 1.807) is 30.6 Å². The second-order valence-corrected chi connectivity index (χ2v) is 5.50. The molecule has 7 heteroatoms. The molecule has 4 rings (SSSR count). The number of hydrogen-bond acceptors (Lipinski definition) is 5. The number of fused-ring (bicyclic) bond motifs is 1. The molecular formula is C14H13F2N5. The molecule has 2 N–H and O–H groups in total. The van der Waals surface area contributed by atoms with Crippen LogP contribution in [0.1, 0.15) is 0 Å². The fourth-order valence-corrected chi connectivity index (χ4v) is 2.91. The van der Waals surface area contributed by atoms with Crippen molar-refractivity contribution < 1.29 is 8.78 Å². The lowest BCUT2D eigenvalue weighted by Gasteiger charge is -2.20. The summed E-state index contributed by atoms with van der Waals surface area (Å²) in [6.07, 6.45) is 3.20. The summed E-state index contributed by atoms with van der Waals surface area (Å²) in [7, 11) is 0. The number of piperidine rings is 1. The quantitative estimate of drug-likeness (QED) is 0.913. The number of nitrogens with zero attached hydrogens (tertiary/aromatic N) is 4. The van der Waals surface area contributed by atoms with E-state index < -0.39 is 17.8 Å².